The maximum absolute atomic E-state index is 13.4. The molecule has 5 rings (SSSR count). The quantitative estimate of drug-likeness (QED) is 0.445. The number of anilines is 1. The first-order valence-electron chi connectivity index (χ1n) is 10.4. The second-order valence-electron chi connectivity index (χ2n) is 7.53. The fourth-order valence-corrected chi connectivity index (χ4v) is 3.74. The molecule has 3 aromatic heterocycles. The molecule has 1 N–H and O–H groups in total. The van der Waals surface area contributed by atoms with Crippen molar-refractivity contribution in [1.29, 1.82) is 0 Å². The van der Waals surface area contributed by atoms with Gasteiger partial charge in [0.1, 0.15) is 17.1 Å². The summed E-state index contributed by atoms with van der Waals surface area (Å²) in [4.78, 5) is 26.6. The molecule has 8 heteroatoms. The first-order chi connectivity index (χ1) is 16.0. The van der Waals surface area contributed by atoms with Crippen LogP contribution < -0.4 is 10.9 Å². The fraction of sp³-hybridized carbons (Fsp3) is 0.0800. The Bertz CT molecular complexity index is 1480. The number of furan rings is 1. The van der Waals surface area contributed by atoms with Crippen LogP contribution in [0, 0.1) is 6.92 Å². The summed E-state index contributed by atoms with van der Waals surface area (Å²) in [6.07, 6.45) is 1.55. The molecule has 0 saturated carbocycles. The molecule has 33 heavy (non-hydrogen) atoms. The zero-order valence-electron chi connectivity index (χ0n) is 18.1. The number of hydrogen-bond donors (Lipinski definition) is 1. The van der Waals surface area contributed by atoms with Gasteiger partial charge in [0.25, 0.3) is 11.5 Å². The number of carbonyl (C=O) groups excluding carboxylic acids is 1. The highest BCUT2D eigenvalue weighted by atomic mass is 16.3. The van der Waals surface area contributed by atoms with Gasteiger partial charge in [0.2, 0.25) is 0 Å². The summed E-state index contributed by atoms with van der Waals surface area (Å²) in [5.74, 6) is 0.0937. The zero-order valence-corrected chi connectivity index (χ0v) is 18.1. The average molecular weight is 439 g/mol. The van der Waals surface area contributed by atoms with Gasteiger partial charge < -0.3 is 9.73 Å². The fourth-order valence-electron chi connectivity index (χ4n) is 3.74. The summed E-state index contributed by atoms with van der Waals surface area (Å²) in [6, 6.07) is 23.8. The topological polar surface area (TPSA) is 87.0 Å². The molecule has 0 atom stereocenters. The van der Waals surface area contributed by atoms with E-state index in [-0.39, 0.29) is 16.9 Å². The SMILES string of the molecule is Cc1c(NC(=O)c2cc(-c3ccco3)nn2-c2ccccc2)c(=O)n(-c2ccccc2)n1C. The van der Waals surface area contributed by atoms with Crippen molar-refractivity contribution >= 4 is 11.6 Å². The molecule has 8 nitrogen and oxygen atoms in total. The van der Waals surface area contributed by atoms with Crippen LogP contribution in [0.25, 0.3) is 22.8 Å². The van der Waals surface area contributed by atoms with Crippen LogP contribution in [0.3, 0.4) is 0 Å². The molecule has 0 aliphatic rings. The lowest BCUT2D eigenvalue weighted by atomic mass is 10.2. The molecule has 0 saturated heterocycles. The Balaban J connectivity index is 1.57. The summed E-state index contributed by atoms with van der Waals surface area (Å²) in [7, 11) is 1.78. The molecule has 0 radical (unpaired) electrons. The highest BCUT2D eigenvalue weighted by Gasteiger charge is 2.23. The Morgan fingerprint density at radius 1 is 0.939 bits per heavy atom. The average Bonchev–Trinajstić information content (AvgIpc) is 3.57. The van der Waals surface area contributed by atoms with Gasteiger partial charge in [-0.05, 0) is 43.3 Å². The lowest BCUT2D eigenvalue weighted by molar-refractivity contribution is 0.101. The molecule has 1 amide bonds. The minimum Gasteiger partial charge on any atom is -0.463 e. The Morgan fingerprint density at radius 3 is 2.24 bits per heavy atom. The largest absolute Gasteiger partial charge is 0.463 e. The van der Waals surface area contributed by atoms with Gasteiger partial charge in [-0.2, -0.15) is 5.10 Å². The van der Waals surface area contributed by atoms with Crippen molar-refractivity contribution in [3.63, 3.8) is 0 Å². The number of amides is 1. The van der Waals surface area contributed by atoms with E-state index in [0.717, 1.165) is 0 Å². The monoisotopic (exact) mass is 439 g/mol. The third kappa shape index (κ3) is 3.57. The summed E-state index contributed by atoms with van der Waals surface area (Å²) >= 11 is 0. The van der Waals surface area contributed by atoms with Crippen LogP contribution in [-0.4, -0.2) is 25.1 Å². The van der Waals surface area contributed by atoms with Gasteiger partial charge >= 0.3 is 0 Å². The second-order valence-corrected chi connectivity index (χ2v) is 7.53. The Kier molecular flexibility index (Phi) is 5.02. The number of carbonyl (C=O) groups is 1. The van der Waals surface area contributed by atoms with E-state index in [1.165, 1.54) is 4.68 Å². The summed E-state index contributed by atoms with van der Waals surface area (Å²) < 4.78 is 10.2. The number of hydrogen-bond acceptors (Lipinski definition) is 4. The van der Waals surface area contributed by atoms with Gasteiger partial charge in [-0.25, -0.2) is 9.36 Å². The van der Waals surface area contributed by atoms with Crippen LogP contribution in [0.2, 0.25) is 0 Å². The van der Waals surface area contributed by atoms with Crippen molar-refractivity contribution in [2.24, 2.45) is 7.05 Å². The molecular weight excluding hydrogens is 418 g/mol. The van der Waals surface area contributed by atoms with E-state index in [4.69, 9.17) is 4.42 Å². The number of nitrogens with one attached hydrogen (secondary N) is 1. The normalized spacial score (nSPS) is 11.0. The molecule has 0 aliphatic heterocycles. The lowest BCUT2D eigenvalue weighted by Crippen LogP contribution is -2.24. The lowest BCUT2D eigenvalue weighted by Gasteiger charge is -2.08. The van der Waals surface area contributed by atoms with E-state index in [9.17, 15) is 9.59 Å². The zero-order chi connectivity index (χ0) is 22.9. The van der Waals surface area contributed by atoms with Crippen LogP contribution in [-0.2, 0) is 7.05 Å². The van der Waals surface area contributed by atoms with Gasteiger partial charge in [-0.15, -0.1) is 0 Å². The van der Waals surface area contributed by atoms with E-state index in [1.54, 1.807) is 47.8 Å². The molecule has 0 unspecified atom stereocenters. The van der Waals surface area contributed by atoms with Crippen molar-refractivity contribution in [3.05, 3.63) is 107 Å². The molecule has 0 fully saturated rings. The standard InChI is InChI=1S/C25H21N5O3/c1-17-23(25(32)30(28(17)2)19-12-7-4-8-13-19)26-24(31)21-16-20(22-14-9-15-33-22)27-29(21)18-10-5-3-6-11-18/h3-16H,1-2H3,(H,26,31). The minimum atomic E-state index is -0.449. The molecule has 5 aromatic rings. The van der Waals surface area contributed by atoms with Crippen molar-refractivity contribution < 1.29 is 9.21 Å². The van der Waals surface area contributed by atoms with Crippen molar-refractivity contribution in [1.82, 2.24) is 19.1 Å². The molecular formula is C25H21N5O3. The highest BCUT2D eigenvalue weighted by molar-refractivity contribution is 6.04. The molecule has 0 aliphatic carbocycles. The summed E-state index contributed by atoms with van der Waals surface area (Å²) in [6.45, 7) is 1.79. The highest BCUT2D eigenvalue weighted by Crippen LogP contribution is 2.23. The third-order valence-corrected chi connectivity index (χ3v) is 5.51. The van der Waals surface area contributed by atoms with Crippen LogP contribution in [0.1, 0.15) is 16.2 Å². The predicted molar refractivity (Wildman–Crippen MR) is 125 cm³/mol. The van der Waals surface area contributed by atoms with Crippen LogP contribution in [0.15, 0.2) is 94.3 Å². The van der Waals surface area contributed by atoms with E-state index in [0.29, 0.717) is 28.5 Å². The predicted octanol–water partition coefficient (Wildman–Crippen LogP) is 4.18. The number of aromatic nitrogens is 4. The minimum absolute atomic E-state index is 0.215. The Morgan fingerprint density at radius 2 is 1.61 bits per heavy atom. The van der Waals surface area contributed by atoms with Crippen LogP contribution in [0.4, 0.5) is 5.69 Å². The van der Waals surface area contributed by atoms with E-state index < -0.39 is 5.91 Å². The number of para-hydroxylation sites is 2. The van der Waals surface area contributed by atoms with E-state index >= 15 is 0 Å². The second kappa shape index (κ2) is 8.16. The van der Waals surface area contributed by atoms with E-state index in [2.05, 4.69) is 10.4 Å². The van der Waals surface area contributed by atoms with Gasteiger partial charge in [-0.3, -0.25) is 14.3 Å². The molecule has 0 spiro atoms. The summed E-state index contributed by atoms with van der Waals surface area (Å²) in [5.41, 5.74) is 2.75. The van der Waals surface area contributed by atoms with Crippen molar-refractivity contribution in [2.75, 3.05) is 5.32 Å². The van der Waals surface area contributed by atoms with Gasteiger partial charge in [0.05, 0.1) is 23.3 Å². The van der Waals surface area contributed by atoms with Crippen LogP contribution >= 0.6 is 0 Å². The van der Waals surface area contributed by atoms with Gasteiger partial charge in [0.15, 0.2) is 5.76 Å². The van der Waals surface area contributed by atoms with Gasteiger partial charge in [0, 0.05) is 13.1 Å². The maximum atomic E-state index is 13.4. The van der Waals surface area contributed by atoms with E-state index in [1.807, 2.05) is 60.7 Å². The molecule has 164 valence electrons. The molecule has 3 heterocycles. The first-order valence-corrected chi connectivity index (χ1v) is 10.4. The Labute approximate surface area is 189 Å². The smallest absolute Gasteiger partial charge is 0.295 e. The number of benzene rings is 2. The van der Waals surface area contributed by atoms with Crippen molar-refractivity contribution in [3.8, 4) is 22.8 Å². The molecule has 2 aromatic carbocycles. The Hall–Kier alpha value is -4.59. The van der Waals surface area contributed by atoms with Crippen LogP contribution in [0.5, 0.6) is 0 Å². The first kappa shape index (κ1) is 20.3. The summed E-state index contributed by atoms with van der Waals surface area (Å²) in [5, 5.41) is 7.38. The molecule has 0 bridgehead atoms. The maximum Gasteiger partial charge on any atom is 0.295 e. The van der Waals surface area contributed by atoms with Gasteiger partial charge in [-0.1, -0.05) is 36.4 Å². The van der Waals surface area contributed by atoms with Crippen molar-refractivity contribution in [2.45, 2.75) is 6.92 Å². The third-order valence-electron chi connectivity index (χ3n) is 5.51. The number of rotatable bonds is 5. The number of nitrogens with zero attached hydrogens (tertiary/aromatic N) is 4.